The summed E-state index contributed by atoms with van der Waals surface area (Å²) in [4.78, 5) is 34.0. The summed E-state index contributed by atoms with van der Waals surface area (Å²) in [5.41, 5.74) is 5.71. The van der Waals surface area contributed by atoms with Crippen molar-refractivity contribution >= 4 is 23.1 Å². The highest BCUT2D eigenvalue weighted by atomic mass is 16.5. The van der Waals surface area contributed by atoms with Crippen LogP contribution in [0.5, 0.6) is 0 Å². The minimum Gasteiger partial charge on any atom is -0.373 e. The van der Waals surface area contributed by atoms with Gasteiger partial charge >= 0.3 is 0 Å². The molecule has 7 nitrogen and oxygen atoms in total. The number of para-hydroxylation sites is 1. The summed E-state index contributed by atoms with van der Waals surface area (Å²) in [6, 6.07) is 22.3. The Morgan fingerprint density at radius 3 is 2.46 bits per heavy atom. The minimum atomic E-state index is -0.634. The van der Waals surface area contributed by atoms with Gasteiger partial charge in [0, 0.05) is 50.1 Å². The average Bonchev–Trinajstić information content (AvgIpc) is 3.57. The molecule has 0 radical (unpaired) electrons. The molecule has 2 aromatic carbocycles. The van der Waals surface area contributed by atoms with Crippen LogP contribution in [-0.4, -0.2) is 72.1 Å². The van der Waals surface area contributed by atoms with E-state index in [0.29, 0.717) is 30.8 Å². The van der Waals surface area contributed by atoms with Gasteiger partial charge < -0.3 is 24.0 Å². The van der Waals surface area contributed by atoms with Crippen molar-refractivity contribution in [3.05, 3.63) is 107 Å². The molecule has 1 aliphatic carbocycles. The van der Waals surface area contributed by atoms with Crippen LogP contribution in [0.3, 0.4) is 0 Å². The van der Waals surface area contributed by atoms with Gasteiger partial charge in [-0.1, -0.05) is 60.7 Å². The summed E-state index contributed by atoms with van der Waals surface area (Å²) >= 11 is 0. The number of nitrogens with zero attached hydrogens (tertiary/aromatic N) is 4. The molecule has 0 spiro atoms. The summed E-state index contributed by atoms with van der Waals surface area (Å²) in [6.07, 6.45) is 5.41. The van der Waals surface area contributed by atoms with Gasteiger partial charge in [0.05, 0.1) is 18.7 Å². The highest BCUT2D eigenvalue weighted by molar-refractivity contribution is 6.07. The van der Waals surface area contributed by atoms with Crippen LogP contribution in [0.25, 0.3) is 5.57 Å². The second kappa shape index (κ2) is 10.8. The number of likely N-dealkylation sites (tertiary alicyclic amines) is 1. The third kappa shape index (κ3) is 4.94. The van der Waals surface area contributed by atoms with Crippen LogP contribution < -0.4 is 4.90 Å². The lowest BCUT2D eigenvalue weighted by molar-refractivity contribution is -0.115. The van der Waals surface area contributed by atoms with E-state index in [9.17, 15) is 9.59 Å². The topological polar surface area (TPSA) is 58.0 Å². The van der Waals surface area contributed by atoms with Gasteiger partial charge in [-0.3, -0.25) is 9.59 Å². The Hall–Kier alpha value is -3.94. The number of hydrogen-bond acceptors (Lipinski definition) is 4. The molecule has 1 saturated heterocycles. The van der Waals surface area contributed by atoms with Crippen LogP contribution >= 0.6 is 0 Å². The van der Waals surface area contributed by atoms with E-state index in [0.717, 1.165) is 47.6 Å². The Labute approximate surface area is 242 Å². The molecule has 3 heterocycles. The van der Waals surface area contributed by atoms with Gasteiger partial charge in [0.1, 0.15) is 5.69 Å². The predicted octanol–water partition coefficient (Wildman–Crippen LogP) is 4.98. The molecule has 0 saturated carbocycles. The first-order valence-corrected chi connectivity index (χ1v) is 14.3. The van der Waals surface area contributed by atoms with Crippen LogP contribution in [0.4, 0.5) is 5.69 Å². The first-order valence-electron chi connectivity index (χ1n) is 14.3. The number of aromatic nitrogens is 1. The number of likely N-dealkylation sites (N-methyl/N-ethyl adjacent to an activating group) is 2. The maximum absolute atomic E-state index is 14.3. The number of anilines is 1. The lowest BCUT2D eigenvalue weighted by Gasteiger charge is -2.36. The van der Waals surface area contributed by atoms with Crippen molar-refractivity contribution in [1.29, 1.82) is 0 Å². The molecule has 2 atom stereocenters. The third-order valence-corrected chi connectivity index (χ3v) is 9.06. The van der Waals surface area contributed by atoms with Gasteiger partial charge in [-0.25, -0.2) is 0 Å². The van der Waals surface area contributed by atoms with Crippen LogP contribution in [-0.2, 0) is 22.6 Å². The maximum atomic E-state index is 14.3. The largest absolute Gasteiger partial charge is 0.373 e. The van der Waals surface area contributed by atoms with E-state index in [2.05, 4.69) is 34.7 Å². The minimum absolute atomic E-state index is 0.0261. The Kier molecular flexibility index (Phi) is 7.18. The van der Waals surface area contributed by atoms with E-state index < -0.39 is 5.60 Å². The van der Waals surface area contributed by atoms with E-state index >= 15 is 0 Å². The molecule has 2 amide bonds. The molecule has 212 valence electrons. The zero-order valence-corrected chi connectivity index (χ0v) is 24.3. The van der Waals surface area contributed by atoms with Crippen LogP contribution in [0.1, 0.15) is 47.1 Å². The molecule has 7 heteroatoms. The number of benzene rings is 2. The Balaban J connectivity index is 1.33. The van der Waals surface area contributed by atoms with Crippen LogP contribution in [0, 0.1) is 0 Å². The summed E-state index contributed by atoms with van der Waals surface area (Å²) in [5.74, 6) is -0.0176. The first kappa shape index (κ1) is 27.2. The molecular weight excluding hydrogens is 512 g/mol. The van der Waals surface area contributed by atoms with E-state index in [4.69, 9.17) is 4.74 Å². The number of carbonyl (C=O) groups is 2. The highest BCUT2D eigenvalue weighted by Gasteiger charge is 2.37. The van der Waals surface area contributed by atoms with Crippen molar-refractivity contribution in [2.24, 2.45) is 0 Å². The molecular formula is C34H38N4O3. The zero-order chi connectivity index (χ0) is 28.7. The molecule has 41 heavy (non-hydrogen) atoms. The van der Waals surface area contributed by atoms with Gasteiger partial charge in [-0.15, -0.1) is 0 Å². The molecule has 1 aromatic heterocycles. The number of carbonyl (C=O) groups excluding carboxylic acids is 2. The SMILES string of the molecule is COC1(C)CC(C(=O)N2Cc3ccc(C(=O)N(C)C4CCN(C)C4)n3Cc3ccccc32)=CC=C1c1ccccc1. The Morgan fingerprint density at radius 1 is 0.976 bits per heavy atom. The summed E-state index contributed by atoms with van der Waals surface area (Å²) in [5, 5.41) is 0. The van der Waals surface area contributed by atoms with Crippen molar-refractivity contribution in [3.8, 4) is 0 Å². The van der Waals surface area contributed by atoms with Crippen molar-refractivity contribution in [2.45, 2.75) is 44.5 Å². The van der Waals surface area contributed by atoms with E-state index in [1.807, 2.05) is 84.5 Å². The molecule has 2 aliphatic heterocycles. The second-order valence-electron chi connectivity index (χ2n) is 11.7. The molecule has 6 rings (SSSR count). The van der Waals surface area contributed by atoms with Crippen molar-refractivity contribution < 1.29 is 14.3 Å². The van der Waals surface area contributed by atoms with E-state index in [1.54, 1.807) is 7.11 Å². The molecule has 0 bridgehead atoms. The fourth-order valence-corrected chi connectivity index (χ4v) is 6.50. The second-order valence-corrected chi connectivity index (χ2v) is 11.7. The smallest absolute Gasteiger partial charge is 0.270 e. The normalized spacial score (nSPS) is 22.3. The molecule has 3 aliphatic rings. The molecule has 0 N–H and O–H groups in total. The van der Waals surface area contributed by atoms with E-state index in [1.165, 1.54) is 0 Å². The lowest BCUT2D eigenvalue weighted by Crippen LogP contribution is -2.39. The lowest BCUT2D eigenvalue weighted by atomic mass is 9.80. The average molecular weight is 551 g/mol. The van der Waals surface area contributed by atoms with Crippen LogP contribution in [0.2, 0.25) is 0 Å². The fraction of sp³-hybridized carbons (Fsp3) is 0.353. The number of allylic oxidation sites excluding steroid dienone is 2. The Morgan fingerprint density at radius 2 is 1.73 bits per heavy atom. The number of fused-ring (bicyclic) bond motifs is 2. The number of amides is 2. The van der Waals surface area contributed by atoms with E-state index in [-0.39, 0.29) is 17.9 Å². The quantitative estimate of drug-likeness (QED) is 0.450. The van der Waals surface area contributed by atoms with Crippen LogP contribution in [0.15, 0.2) is 84.5 Å². The van der Waals surface area contributed by atoms with Gasteiger partial charge in [-0.05, 0) is 61.8 Å². The first-order chi connectivity index (χ1) is 19.8. The number of rotatable bonds is 5. The zero-order valence-electron chi connectivity index (χ0n) is 24.3. The highest BCUT2D eigenvalue weighted by Crippen LogP contribution is 2.40. The Bertz CT molecular complexity index is 1540. The third-order valence-electron chi connectivity index (χ3n) is 9.06. The molecule has 2 unspecified atom stereocenters. The van der Waals surface area contributed by atoms with Crippen molar-refractivity contribution in [2.75, 3.05) is 39.2 Å². The van der Waals surface area contributed by atoms with Gasteiger partial charge in [-0.2, -0.15) is 0 Å². The molecule has 3 aromatic rings. The standard InChI is InChI=1S/C34H38N4O3/c1-34(41-4)20-25(14-16-29(34)24-10-6-5-7-11-24)32(39)38-23-28-15-17-31(33(40)36(3)27-18-19-35(2)22-27)37(28)21-26-12-8-9-13-30(26)38/h5-17,27H,18-23H2,1-4H3. The number of methoxy groups -OCH3 is 1. The molecule has 1 fully saturated rings. The maximum Gasteiger partial charge on any atom is 0.270 e. The van der Waals surface area contributed by atoms with Gasteiger partial charge in [0.25, 0.3) is 11.8 Å². The summed E-state index contributed by atoms with van der Waals surface area (Å²) < 4.78 is 8.12. The summed E-state index contributed by atoms with van der Waals surface area (Å²) in [6.45, 7) is 4.85. The number of hydrogen-bond donors (Lipinski definition) is 0. The number of ether oxygens (including phenoxy) is 1. The fourth-order valence-electron chi connectivity index (χ4n) is 6.50. The van der Waals surface area contributed by atoms with Gasteiger partial charge in [0.2, 0.25) is 0 Å². The predicted molar refractivity (Wildman–Crippen MR) is 162 cm³/mol. The summed E-state index contributed by atoms with van der Waals surface area (Å²) in [7, 11) is 5.71. The monoisotopic (exact) mass is 550 g/mol. The van der Waals surface area contributed by atoms with Crippen molar-refractivity contribution in [1.82, 2.24) is 14.4 Å². The van der Waals surface area contributed by atoms with Crippen molar-refractivity contribution in [3.63, 3.8) is 0 Å². The van der Waals surface area contributed by atoms with Gasteiger partial charge in [0.15, 0.2) is 0 Å².